The number of allylic oxidation sites excluding steroid dienone is 2. The van der Waals surface area contributed by atoms with Crippen LogP contribution in [-0.2, 0) is 0 Å². The number of unbranched alkanes of at least 4 members (excludes halogenated alkanes) is 3. The van der Waals surface area contributed by atoms with Crippen molar-refractivity contribution in [3.8, 4) is 0 Å². The number of anilines is 1. The van der Waals surface area contributed by atoms with Crippen LogP contribution in [-0.4, -0.2) is 86.2 Å². The zero-order chi connectivity index (χ0) is 25.4. The van der Waals surface area contributed by atoms with Crippen LogP contribution in [0.2, 0.25) is 0 Å². The minimum absolute atomic E-state index is 0.0141. The number of piperazine rings is 1. The van der Waals surface area contributed by atoms with Crippen LogP contribution in [0.5, 0.6) is 0 Å². The van der Waals surface area contributed by atoms with E-state index in [4.69, 9.17) is 0 Å². The normalized spacial score (nSPS) is 22.9. The third-order valence-corrected chi connectivity index (χ3v) is 8.73. The monoisotopic (exact) mass is 522 g/mol. The van der Waals surface area contributed by atoms with E-state index in [0.717, 1.165) is 82.3 Å². The highest BCUT2D eigenvalue weighted by Crippen LogP contribution is 2.45. The first kappa shape index (κ1) is 27.6. The standard InChI is InChI=1S/C28H41F3N4S/c1-2-3-6-13-32-14-17-34-20-18-33(19-21-34)15-7-8-16-35-24-9-4-5-10-26(24)36-27-12-11-23(22-25(27)35)28(29,30)31/h4-5,9-12,22,25,27,32H,2-3,6-8,13-21H2,1H3/t25-,27?/m1/s1. The summed E-state index contributed by atoms with van der Waals surface area (Å²) in [6, 6.07) is 7.87. The summed E-state index contributed by atoms with van der Waals surface area (Å²) in [5, 5.41) is 3.57. The fourth-order valence-electron chi connectivity index (χ4n) is 5.30. The average Bonchev–Trinajstić information content (AvgIpc) is 2.88. The molecule has 1 aromatic carbocycles. The molecular formula is C28H41F3N4S. The molecule has 0 bridgehead atoms. The maximum absolute atomic E-state index is 13.4. The van der Waals surface area contributed by atoms with Crippen LogP contribution in [0.1, 0.15) is 39.0 Å². The molecule has 1 aromatic rings. The van der Waals surface area contributed by atoms with Crippen molar-refractivity contribution in [3.05, 3.63) is 48.1 Å². The van der Waals surface area contributed by atoms with Crippen LogP contribution in [0, 0.1) is 0 Å². The van der Waals surface area contributed by atoms with Crippen LogP contribution < -0.4 is 10.2 Å². The predicted molar refractivity (Wildman–Crippen MR) is 145 cm³/mol. The SMILES string of the molecule is CCCCCNCCN1CCN(CCCCN2c3ccccc3SC3C=CC(C(F)(F)F)=C[C@H]32)CC1. The van der Waals surface area contributed by atoms with Crippen molar-refractivity contribution in [3.63, 3.8) is 0 Å². The molecule has 1 unspecified atom stereocenters. The lowest BCUT2D eigenvalue weighted by atomic mass is 9.98. The molecule has 0 radical (unpaired) electrons. The number of rotatable bonds is 12. The largest absolute Gasteiger partial charge is 0.416 e. The number of hydrogen-bond acceptors (Lipinski definition) is 5. The molecule has 1 aliphatic carbocycles. The van der Waals surface area contributed by atoms with Gasteiger partial charge in [-0.3, -0.25) is 4.90 Å². The van der Waals surface area contributed by atoms with E-state index < -0.39 is 11.7 Å². The van der Waals surface area contributed by atoms with Gasteiger partial charge in [0, 0.05) is 50.7 Å². The molecule has 2 aliphatic heterocycles. The predicted octanol–water partition coefficient (Wildman–Crippen LogP) is 5.57. The molecule has 0 saturated carbocycles. The molecule has 0 spiro atoms. The van der Waals surface area contributed by atoms with E-state index >= 15 is 0 Å². The van der Waals surface area contributed by atoms with Gasteiger partial charge in [0.15, 0.2) is 0 Å². The molecule has 3 aliphatic rings. The molecule has 0 amide bonds. The summed E-state index contributed by atoms with van der Waals surface area (Å²) in [6.07, 6.45) is 6.00. The smallest absolute Gasteiger partial charge is 0.363 e. The van der Waals surface area contributed by atoms with E-state index in [1.54, 1.807) is 17.8 Å². The topological polar surface area (TPSA) is 21.8 Å². The highest BCUT2D eigenvalue weighted by atomic mass is 32.2. The molecule has 4 nitrogen and oxygen atoms in total. The van der Waals surface area contributed by atoms with Gasteiger partial charge in [-0.1, -0.05) is 44.1 Å². The number of fused-ring (bicyclic) bond motifs is 2. The molecule has 200 valence electrons. The molecule has 0 aromatic heterocycles. The molecule has 8 heteroatoms. The highest BCUT2D eigenvalue weighted by molar-refractivity contribution is 8.00. The van der Waals surface area contributed by atoms with Crippen molar-refractivity contribution in [2.24, 2.45) is 0 Å². The minimum atomic E-state index is -4.30. The van der Waals surface area contributed by atoms with Gasteiger partial charge in [0.05, 0.1) is 22.6 Å². The third-order valence-electron chi connectivity index (χ3n) is 7.43. The first-order valence-electron chi connectivity index (χ1n) is 13.6. The fraction of sp³-hybridized carbons (Fsp3) is 0.643. The van der Waals surface area contributed by atoms with E-state index in [1.165, 1.54) is 31.4 Å². The Bertz CT molecular complexity index is 880. The van der Waals surface area contributed by atoms with Gasteiger partial charge < -0.3 is 15.1 Å². The molecule has 2 atom stereocenters. The first-order valence-corrected chi connectivity index (χ1v) is 14.5. The lowest BCUT2D eigenvalue weighted by Crippen LogP contribution is -2.48. The van der Waals surface area contributed by atoms with Crippen molar-refractivity contribution < 1.29 is 13.2 Å². The van der Waals surface area contributed by atoms with E-state index in [-0.39, 0.29) is 11.3 Å². The maximum atomic E-state index is 13.4. The molecule has 4 rings (SSSR count). The van der Waals surface area contributed by atoms with Gasteiger partial charge in [0.1, 0.15) is 0 Å². The Morgan fingerprint density at radius 3 is 2.39 bits per heavy atom. The van der Waals surface area contributed by atoms with Gasteiger partial charge in [-0.15, -0.1) is 11.8 Å². The lowest BCUT2D eigenvalue weighted by Gasteiger charge is -2.43. The van der Waals surface area contributed by atoms with E-state index in [1.807, 2.05) is 12.1 Å². The second-order valence-electron chi connectivity index (χ2n) is 10.1. The van der Waals surface area contributed by atoms with Gasteiger partial charge in [0.25, 0.3) is 0 Å². The zero-order valence-electron chi connectivity index (χ0n) is 21.5. The fourth-order valence-corrected chi connectivity index (χ4v) is 6.58. The lowest BCUT2D eigenvalue weighted by molar-refractivity contribution is -0.0887. The summed E-state index contributed by atoms with van der Waals surface area (Å²) in [7, 11) is 0. The summed E-state index contributed by atoms with van der Waals surface area (Å²) in [6.45, 7) is 11.8. The van der Waals surface area contributed by atoms with Crippen molar-refractivity contribution >= 4 is 17.4 Å². The molecule has 2 heterocycles. The third kappa shape index (κ3) is 7.53. The number of halogens is 3. The van der Waals surface area contributed by atoms with Crippen molar-refractivity contribution in [2.75, 3.05) is 63.8 Å². The van der Waals surface area contributed by atoms with Gasteiger partial charge in [-0.2, -0.15) is 13.2 Å². The second kappa shape index (κ2) is 13.4. The Balaban J connectivity index is 1.22. The summed E-state index contributed by atoms with van der Waals surface area (Å²) >= 11 is 1.67. The van der Waals surface area contributed by atoms with Crippen LogP contribution in [0.3, 0.4) is 0 Å². The Morgan fingerprint density at radius 1 is 0.917 bits per heavy atom. The van der Waals surface area contributed by atoms with Crippen LogP contribution >= 0.6 is 11.8 Å². The zero-order valence-corrected chi connectivity index (χ0v) is 22.3. The Kier molecular flexibility index (Phi) is 10.2. The van der Waals surface area contributed by atoms with Crippen LogP contribution in [0.4, 0.5) is 18.9 Å². The molecule has 1 saturated heterocycles. The second-order valence-corrected chi connectivity index (χ2v) is 11.3. The van der Waals surface area contributed by atoms with Crippen molar-refractivity contribution in [2.45, 2.75) is 61.4 Å². The van der Waals surface area contributed by atoms with E-state index in [2.05, 4.69) is 39.1 Å². The van der Waals surface area contributed by atoms with Gasteiger partial charge in [-0.25, -0.2) is 0 Å². The maximum Gasteiger partial charge on any atom is 0.416 e. The average molecular weight is 523 g/mol. The highest BCUT2D eigenvalue weighted by Gasteiger charge is 2.39. The van der Waals surface area contributed by atoms with Crippen molar-refractivity contribution in [1.29, 1.82) is 0 Å². The van der Waals surface area contributed by atoms with Gasteiger partial charge >= 0.3 is 6.18 Å². The summed E-state index contributed by atoms with van der Waals surface area (Å²) in [5.41, 5.74) is 0.538. The number of para-hydroxylation sites is 1. The Hall–Kier alpha value is -1.48. The number of benzene rings is 1. The number of thioether (sulfide) groups is 1. The summed E-state index contributed by atoms with van der Waals surface area (Å²) in [4.78, 5) is 8.45. The van der Waals surface area contributed by atoms with E-state index in [9.17, 15) is 13.2 Å². The Labute approximate surface area is 219 Å². The molecular weight excluding hydrogens is 481 g/mol. The van der Waals surface area contributed by atoms with Crippen LogP contribution in [0.25, 0.3) is 0 Å². The van der Waals surface area contributed by atoms with Gasteiger partial charge in [-0.05, 0) is 50.6 Å². The minimum Gasteiger partial charge on any atom is -0.363 e. The van der Waals surface area contributed by atoms with Gasteiger partial charge in [0.2, 0.25) is 0 Å². The number of nitrogens with zero attached hydrogens (tertiary/aromatic N) is 3. The van der Waals surface area contributed by atoms with Crippen molar-refractivity contribution in [1.82, 2.24) is 15.1 Å². The number of alkyl halides is 3. The van der Waals surface area contributed by atoms with E-state index in [0.29, 0.717) is 0 Å². The molecule has 36 heavy (non-hydrogen) atoms. The number of nitrogens with one attached hydrogen (secondary N) is 1. The first-order chi connectivity index (χ1) is 17.5. The quantitative estimate of drug-likeness (QED) is 0.361. The summed E-state index contributed by atoms with van der Waals surface area (Å²) in [5.74, 6) is 0. The van der Waals surface area contributed by atoms with Crippen LogP contribution in [0.15, 0.2) is 53.0 Å². The summed E-state index contributed by atoms with van der Waals surface area (Å²) < 4.78 is 40.3. The molecule has 1 fully saturated rings. The molecule has 1 N–H and O–H groups in total. The Morgan fingerprint density at radius 2 is 1.64 bits per heavy atom. The number of hydrogen-bond donors (Lipinski definition) is 1.